The molecule has 1 unspecified atom stereocenters. The van der Waals surface area contributed by atoms with Gasteiger partial charge in [-0.15, -0.1) is 0 Å². The third-order valence-corrected chi connectivity index (χ3v) is 3.25. The SMILES string of the molecule is CCCCCC1C(=O)Nc2ccc(C)cc21. The largest absolute Gasteiger partial charge is 0.325 e. The van der Waals surface area contributed by atoms with E-state index in [0.29, 0.717) is 0 Å². The van der Waals surface area contributed by atoms with Gasteiger partial charge >= 0.3 is 0 Å². The highest BCUT2D eigenvalue weighted by Crippen LogP contribution is 2.36. The Balaban J connectivity index is 2.15. The number of nitrogens with one attached hydrogen (secondary N) is 1. The van der Waals surface area contributed by atoms with Crippen LogP contribution in [0, 0.1) is 6.92 Å². The number of hydrogen-bond donors (Lipinski definition) is 1. The molecule has 1 aliphatic rings. The minimum absolute atomic E-state index is 0.0847. The quantitative estimate of drug-likeness (QED) is 0.767. The van der Waals surface area contributed by atoms with Gasteiger partial charge < -0.3 is 5.32 Å². The second-order valence-electron chi connectivity index (χ2n) is 4.63. The molecule has 86 valence electrons. The third kappa shape index (κ3) is 2.11. The van der Waals surface area contributed by atoms with E-state index in [1.807, 2.05) is 12.1 Å². The molecule has 1 amide bonds. The fourth-order valence-electron chi connectivity index (χ4n) is 2.33. The van der Waals surface area contributed by atoms with E-state index in [2.05, 4.69) is 25.2 Å². The Morgan fingerprint density at radius 3 is 2.88 bits per heavy atom. The van der Waals surface area contributed by atoms with Gasteiger partial charge in [-0.05, 0) is 25.0 Å². The Hall–Kier alpha value is -1.31. The summed E-state index contributed by atoms with van der Waals surface area (Å²) in [4.78, 5) is 11.8. The normalized spacial score (nSPS) is 18.4. The van der Waals surface area contributed by atoms with Crippen molar-refractivity contribution >= 4 is 11.6 Å². The Kier molecular flexibility index (Phi) is 3.28. The molecule has 0 saturated carbocycles. The van der Waals surface area contributed by atoms with Crippen LogP contribution in [0.25, 0.3) is 0 Å². The van der Waals surface area contributed by atoms with Gasteiger partial charge in [-0.2, -0.15) is 0 Å². The van der Waals surface area contributed by atoms with Crippen LogP contribution in [0.4, 0.5) is 5.69 Å². The first-order valence-corrected chi connectivity index (χ1v) is 6.13. The fourth-order valence-corrected chi connectivity index (χ4v) is 2.33. The van der Waals surface area contributed by atoms with Gasteiger partial charge in [0.2, 0.25) is 5.91 Å². The molecule has 1 aromatic rings. The van der Waals surface area contributed by atoms with Crippen molar-refractivity contribution in [1.82, 2.24) is 0 Å². The molecule has 0 bridgehead atoms. The van der Waals surface area contributed by atoms with Crippen LogP contribution in [-0.2, 0) is 4.79 Å². The number of rotatable bonds is 4. The van der Waals surface area contributed by atoms with E-state index in [9.17, 15) is 4.79 Å². The summed E-state index contributed by atoms with van der Waals surface area (Å²) < 4.78 is 0. The van der Waals surface area contributed by atoms with E-state index in [0.717, 1.165) is 18.5 Å². The summed E-state index contributed by atoms with van der Waals surface area (Å²) >= 11 is 0. The lowest BCUT2D eigenvalue weighted by Gasteiger charge is -2.08. The van der Waals surface area contributed by atoms with Crippen molar-refractivity contribution in [3.63, 3.8) is 0 Å². The molecule has 1 heterocycles. The summed E-state index contributed by atoms with van der Waals surface area (Å²) in [5.41, 5.74) is 3.44. The average Bonchev–Trinajstić information content (AvgIpc) is 2.56. The molecular formula is C14H19NO. The predicted molar refractivity (Wildman–Crippen MR) is 66.7 cm³/mol. The van der Waals surface area contributed by atoms with Crippen molar-refractivity contribution in [3.8, 4) is 0 Å². The highest BCUT2D eigenvalue weighted by molar-refractivity contribution is 6.02. The molecule has 0 aliphatic carbocycles. The van der Waals surface area contributed by atoms with Crippen molar-refractivity contribution in [1.29, 1.82) is 0 Å². The maximum absolute atomic E-state index is 11.8. The minimum atomic E-state index is 0.0847. The minimum Gasteiger partial charge on any atom is -0.325 e. The highest BCUT2D eigenvalue weighted by Gasteiger charge is 2.29. The van der Waals surface area contributed by atoms with E-state index >= 15 is 0 Å². The van der Waals surface area contributed by atoms with E-state index in [-0.39, 0.29) is 11.8 Å². The average molecular weight is 217 g/mol. The number of benzene rings is 1. The summed E-state index contributed by atoms with van der Waals surface area (Å²) in [7, 11) is 0. The first-order chi connectivity index (χ1) is 7.72. The molecule has 1 N–H and O–H groups in total. The van der Waals surface area contributed by atoms with Crippen molar-refractivity contribution in [2.24, 2.45) is 0 Å². The molecular weight excluding hydrogens is 198 g/mol. The van der Waals surface area contributed by atoms with Crippen LogP contribution in [0.5, 0.6) is 0 Å². The number of aryl methyl sites for hydroxylation is 1. The summed E-state index contributed by atoms with van der Waals surface area (Å²) in [6.07, 6.45) is 4.54. The topological polar surface area (TPSA) is 29.1 Å². The summed E-state index contributed by atoms with van der Waals surface area (Å²) in [6.45, 7) is 4.26. The molecule has 1 aromatic carbocycles. The summed E-state index contributed by atoms with van der Waals surface area (Å²) in [6, 6.07) is 6.21. The van der Waals surface area contributed by atoms with Gasteiger partial charge in [0.25, 0.3) is 0 Å². The van der Waals surface area contributed by atoms with Crippen LogP contribution in [-0.4, -0.2) is 5.91 Å². The number of carbonyl (C=O) groups is 1. The zero-order chi connectivity index (χ0) is 11.5. The molecule has 1 atom stereocenters. The standard InChI is InChI=1S/C14H19NO/c1-3-4-5-6-11-12-9-10(2)7-8-13(12)15-14(11)16/h7-9,11H,3-6H2,1-2H3,(H,15,16). The van der Waals surface area contributed by atoms with Crippen LogP contribution in [0.3, 0.4) is 0 Å². The molecule has 2 heteroatoms. The molecule has 2 nitrogen and oxygen atoms in total. The molecule has 16 heavy (non-hydrogen) atoms. The molecule has 0 radical (unpaired) electrons. The maximum atomic E-state index is 11.8. The lowest BCUT2D eigenvalue weighted by Crippen LogP contribution is -2.11. The Labute approximate surface area is 97.1 Å². The predicted octanol–water partition coefficient (Wildman–Crippen LogP) is 3.61. The second-order valence-corrected chi connectivity index (χ2v) is 4.63. The second kappa shape index (κ2) is 4.69. The van der Waals surface area contributed by atoms with Crippen LogP contribution < -0.4 is 5.32 Å². The summed E-state index contributed by atoms with van der Waals surface area (Å²) in [5, 5.41) is 2.96. The third-order valence-electron chi connectivity index (χ3n) is 3.25. The zero-order valence-electron chi connectivity index (χ0n) is 10.0. The lowest BCUT2D eigenvalue weighted by atomic mass is 9.93. The Bertz CT molecular complexity index is 398. The number of fused-ring (bicyclic) bond motifs is 1. The van der Waals surface area contributed by atoms with Crippen molar-refractivity contribution in [2.45, 2.75) is 45.4 Å². The molecule has 2 rings (SSSR count). The molecule has 1 aliphatic heterocycles. The Morgan fingerprint density at radius 2 is 2.12 bits per heavy atom. The number of amides is 1. The lowest BCUT2D eigenvalue weighted by molar-refractivity contribution is -0.117. The van der Waals surface area contributed by atoms with E-state index in [1.54, 1.807) is 0 Å². The van der Waals surface area contributed by atoms with Gasteiger partial charge in [0.1, 0.15) is 0 Å². The van der Waals surface area contributed by atoms with Gasteiger partial charge in [0.15, 0.2) is 0 Å². The molecule has 0 aromatic heterocycles. The van der Waals surface area contributed by atoms with Crippen LogP contribution in [0.2, 0.25) is 0 Å². The number of unbranched alkanes of at least 4 members (excludes halogenated alkanes) is 2. The number of hydrogen-bond acceptors (Lipinski definition) is 1. The van der Waals surface area contributed by atoms with Gasteiger partial charge in [0, 0.05) is 5.69 Å². The van der Waals surface area contributed by atoms with E-state index in [1.165, 1.54) is 24.0 Å². The maximum Gasteiger partial charge on any atom is 0.232 e. The first-order valence-electron chi connectivity index (χ1n) is 6.13. The smallest absolute Gasteiger partial charge is 0.232 e. The van der Waals surface area contributed by atoms with Crippen LogP contribution in [0.15, 0.2) is 18.2 Å². The first kappa shape index (κ1) is 11.2. The van der Waals surface area contributed by atoms with Crippen molar-refractivity contribution < 1.29 is 4.79 Å². The highest BCUT2D eigenvalue weighted by atomic mass is 16.2. The van der Waals surface area contributed by atoms with E-state index < -0.39 is 0 Å². The molecule has 0 saturated heterocycles. The van der Waals surface area contributed by atoms with Crippen molar-refractivity contribution in [3.05, 3.63) is 29.3 Å². The van der Waals surface area contributed by atoms with Crippen molar-refractivity contribution in [2.75, 3.05) is 5.32 Å². The van der Waals surface area contributed by atoms with Gasteiger partial charge in [0.05, 0.1) is 5.92 Å². The molecule has 0 fully saturated rings. The number of anilines is 1. The molecule has 0 spiro atoms. The summed E-state index contributed by atoms with van der Waals surface area (Å²) in [5.74, 6) is 0.262. The monoisotopic (exact) mass is 217 g/mol. The van der Waals surface area contributed by atoms with E-state index in [4.69, 9.17) is 0 Å². The van der Waals surface area contributed by atoms with Gasteiger partial charge in [-0.1, -0.05) is 43.9 Å². The number of carbonyl (C=O) groups excluding carboxylic acids is 1. The zero-order valence-corrected chi connectivity index (χ0v) is 10.0. The van der Waals surface area contributed by atoms with Gasteiger partial charge in [-0.25, -0.2) is 0 Å². The van der Waals surface area contributed by atoms with Gasteiger partial charge in [-0.3, -0.25) is 4.79 Å². The van der Waals surface area contributed by atoms with Crippen LogP contribution >= 0.6 is 0 Å². The van der Waals surface area contributed by atoms with Crippen LogP contribution in [0.1, 0.15) is 49.7 Å². The Morgan fingerprint density at radius 1 is 1.31 bits per heavy atom. The fraction of sp³-hybridized carbons (Fsp3) is 0.500.